The van der Waals surface area contributed by atoms with Gasteiger partial charge in [0, 0.05) is 87.3 Å². The molecule has 2 aromatic heterocycles. The van der Waals surface area contributed by atoms with Crippen molar-refractivity contribution in [2.75, 3.05) is 56.6 Å². The lowest BCUT2D eigenvalue weighted by Gasteiger charge is -2.58. The lowest BCUT2D eigenvalue weighted by Crippen LogP contribution is -2.60. The zero-order valence-corrected chi connectivity index (χ0v) is 43.6. The Morgan fingerprint density at radius 1 is 0.932 bits per heavy atom. The predicted molar refractivity (Wildman–Crippen MR) is 287 cm³/mol. The number of methoxy groups -OCH3 is 1. The molecule has 1 amide bonds. The number of amides is 1. The standard InChI is InChI=1S/C57H68N8O8S/c1-38(2)47-10-5-6-11-48(47)52-37-62(36-40-8-7-9-44(28-40)72-4)26-27-64(52)43-32-57(33-43)21-24-63(25-22-57)42-12-14-49(53(30-42)73-45-29-41-18-23-58-54(41)60-35-45)55(66)61-74(70,71)46-13-15-50(51(31-46)65(68)69)59-34-39-16-19-56(3,67)20-17-39/h5-15,18,23,28-31,35,38-39,43,52,59,67H,16-17,19-22,24-27,32-34,36-37H2,1-4H3,(H,58,60)(H,61,66)/t39-,52?,56-. The minimum atomic E-state index is -4.59. The number of piperazine rings is 1. The number of carbonyl (C=O) groups is 1. The third-order valence-corrected chi connectivity index (χ3v) is 17.6. The molecule has 390 valence electrons. The Labute approximate surface area is 433 Å². The molecule has 2 saturated heterocycles. The van der Waals surface area contributed by atoms with Crippen LogP contribution in [-0.2, 0) is 16.6 Å². The Hall–Kier alpha value is -6.53. The van der Waals surface area contributed by atoms with E-state index in [1.165, 1.54) is 28.8 Å². The van der Waals surface area contributed by atoms with E-state index in [2.05, 4.69) is 91.0 Å². The molecule has 16 nitrogen and oxygen atoms in total. The van der Waals surface area contributed by atoms with Crippen LogP contribution in [0.2, 0.25) is 0 Å². The van der Waals surface area contributed by atoms with Crippen LogP contribution in [0.1, 0.15) is 111 Å². The van der Waals surface area contributed by atoms with E-state index in [4.69, 9.17) is 9.47 Å². The zero-order chi connectivity index (χ0) is 51.8. The minimum absolute atomic E-state index is 0.0294. The smallest absolute Gasteiger partial charge is 0.293 e. The number of aliphatic hydroxyl groups is 1. The molecule has 17 heteroatoms. The Bertz CT molecular complexity index is 3120. The first-order valence-corrected chi connectivity index (χ1v) is 27.5. The van der Waals surface area contributed by atoms with Crippen molar-refractivity contribution in [3.8, 4) is 17.2 Å². The fourth-order valence-electron chi connectivity index (χ4n) is 12.0. The second-order valence-corrected chi connectivity index (χ2v) is 23.4. The molecule has 0 bridgehead atoms. The van der Waals surface area contributed by atoms with Gasteiger partial charge in [-0.2, -0.15) is 0 Å². The summed E-state index contributed by atoms with van der Waals surface area (Å²) in [6, 6.07) is 30.6. The van der Waals surface area contributed by atoms with Gasteiger partial charge in [-0.15, -0.1) is 0 Å². The fraction of sp³-hybridized carbons (Fsp3) is 0.439. The van der Waals surface area contributed by atoms with Gasteiger partial charge in [-0.25, -0.2) is 18.1 Å². The second kappa shape index (κ2) is 21.0. The van der Waals surface area contributed by atoms with Gasteiger partial charge < -0.3 is 29.8 Å². The molecule has 2 aliphatic carbocycles. The van der Waals surface area contributed by atoms with Gasteiger partial charge in [-0.1, -0.05) is 50.2 Å². The Morgan fingerprint density at radius 2 is 1.72 bits per heavy atom. The van der Waals surface area contributed by atoms with Crippen molar-refractivity contribution in [1.29, 1.82) is 0 Å². The molecule has 1 spiro atoms. The SMILES string of the molecule is COc1cccc(CN2CCN(C3CC4(CCN(c5ccc(C(=O)NS(=O)(=O)c6ccc(NC[C@H]7CC[C@](C)(O)CC7)c([N+](=O)[O-])c6)c(Oc6cnc7[nH]ccc7c6)c5)CC4)C3)C(c3ccccc3C(C)C)C2)c1. The molecule has 2 saturated carbocycles. The number of benzene rings is 4. The average Bonchev–Trinajstić information content (AvgIpc) is 3.86. The average molecular weight is 1030 g/mol. The number of carbonyl (C=O) groups excluding carboxylic acids is 1. The van der Waals surface area contributed by atoms with Gasteiger partial charge in [-0.05, 0) is 141 Å². The summed E-state index contributed by atoms with van der Waals surface area (Å²) in [7, 11) is -2.87. The van der Waals surface area contributed by atoms with Crippen molar-refractivity contribution < 1.29 is 32.7 Å². The van der Waals surface area contributed by atoms with Crippen molar-refractivity contribution in [1.82, 2.24) is 24.5 Å². The predicted octanol–water partition coefficient (Wildman–Crippen LogP) is 10.2. The molecule has 6 aromatic rings. The van der Waals surface area contributed by atoms with Crippen molar-refractivity contribution >= 4 is 44.0 Å². The van der Waals surface area contributed by atoms with Crippen LogP contribution in [0.15, 0.2) is 114 Å². The molecule has 10 rings (SSSR count). The number of nitro groups is 1. The number of sulfonamides is 1. The molecule has 1 unspecified atom stereocenters. The Kier molecular flexibility index (Phi) is 14.5. The molecule has 4 fully saturated rings. The van der Waals surface area contributed by atoms with Gasteiger partial charge in [-0.3, -0.25) is 24.7 Å². The van der Waals surface area contributed by atoms with E-state index >= 15 is 0 Å². The lowest BCUT2D eigenvalue weighted by molar-refractivity contribution is -0.384. The highest BCUT2D eigenvalue weighted by Crippen LogP contribution is 2.53. The third kappa shape index (κ3) is 11.1. The largest absolute Gasteiger partial charge is 0.497 e. The molecule has 4 aromatic carbocycles. The van der Waals surface area contributed by atoms with Crippen LogP contribution >= 0.6 is 0 Å². The quantitative estimate of drug-likeness (QED) is 0.0529. The molecule has 2 aliphatic heterocycles. The summed E-state index contributed by atoms with van der Waals surface area (Å²) in [5.74, 6) is 1.04. The number of fused-ring (bicyclic) bond motifs is 1. The number of rotatable bonds is 16. The summed E-state index contributed by atoms with van der Waals surface area (Å²) in [6.45, 7) is 12.3. The second-order valence-electron chi connectivity index (χ2n) is 21.7. The van der Waals surface area contributed by atoms with Crippen molar-refractivity contribution in [3.63, 3.8) is 0 Å². The normalized spacial score (nSPS) is 21.6. The highest BCUT2D eigenvalue weighted by Gasteiger charge is 2.50. The molecule has 74 heavy (non-hydrogen) atoms. The van der Waals surface area contributed by atoms with Gasteiger partial charge in [0.2, 0.25) is 0 Å². The van der Waals surface area contributed by atoms with Crippen molar-refractivity contribution in [2.45, 2.75) is 107 Å². The number of nitro benzene ring substituents is 1. The van der Waals surface area contributed by atoms with Gasteiger partial charge in [0.15, 0.2) is 0 Å². The van der Waals surface area contributed by atoms with Gasteiger partial charge in [0.05, 0.1) is 34.3 Å². The van der Waals surface area contributed by atoms with Crippen LogP contribution in [0, 0.1) is 21.4 Å². The zero-order valence-electron chi connectivity index (χ0n) is 42.8. The van der Waals surface area contributed by atoms with E-state index in [1.54, 1.807) is 37.7 Å². The summed E-state index contributed by atoms with van der Waals surface area (Å²) >= 11 is 0. The molecular formula is C57H68N8O8S. The summed E-state index contributed by atoms with van der Waals surface area (Å²) < 4.78 is 41.8. The maximum absolute atomic E-state index is 14.1. The van der Waals surface area contributed by atoms with E-state index in [-0.39, 0.29) is 34.4 Å². The number of anilines is 2. The first-order chi connectivity index (χ1) is 35.5. The Morgan fingerprint density at radius 3 is 2.47 bits per heavy atom. The number of aromatic nitrogens is 2. The van der Waals surface area contributed by atoms with E-state index in [1.807, 2.05) is 25.1 Å². The fourth-order valence-corrected chi connectivity index (χ4v) is 12.9. The van der Waals surface area contributed by atoms with Crippen molar-refractivity contribution in [3.05, 3.63) is 142 Å². The molecule has 4 heterocycles. The number of ether oxygens (including phenoxy) is 2. The van der Waals surface area contributed by atoms with Gasteiger partial charge in [0.1, 0.15) is 28.6 Å². The van der Waals surface area contributed by atoms with Crippen LogP contribution in [0.5, 0.6) is 17.2 Å². The highest BCUT2D eigenvalue weighted by atomic mass is 32.2. The maximum Gasteiger partial charge on any atom is 0.293 e. The van der Waals surface area contributed by atoms with Gasteiger partial charge in [0.25, 0.3) is 21.6 Å². The van der Waals surface area contributed by atoms with E-state index < -0.39 is 37.0 Å². The molecule has 1 atom stereocenters. The summed E-state index contributed by atoms with van der Waals surface area (Å²) in [4.78, 5) is 40.5. The number of hydrogen-bond donors (Lipinski definition) is 4. The van der Waals surface area contributed by atoms with E-state index in [0.717, 1.165) is 101 Å². The number of nitrogens with zero attached hydrogens (tertiary/aromatic N) is 5. The Balaban J connectivity index is 0.832. The molecular weight excluding hydrogens is 957 g/mol. The molecule has 4 aliphatic rings. The van der Waals surface area contributed by atoms with Crippen LogP contribution in [0.3, 0.4) is 0 Å². The van der Waals surface area contributed by atoms with Crippen molar-refractivity contribution in [2.24, 2.45) is 11.3 Å². The summed E-state index contributed by atoms with van der Waals surface area (Å²) in [5.41, 5.74) is 4.83. The third-order valence-electron chi connectivity index (χ3n) is 16.3. The number of H-pyrrole nitrogens is 1. The van der Waals surface area contributed by atoms with Crippen LogP contribution in [0.4, 0.5) is 17.1 Å². The van der Waals surface area contributed by atoms with Gasteiger partial charge >= 0.3 is 0 Å². The summed E-state index contributed by atoms with van der Waals surface area (Å²) in [6.07, 6.45) is 10.4. The van der Waals surface area contributed by atoms with Crippen LogP contribution < -0.4 is 24.4 Å². The van der Waals surface area contributed by atoms with Crippen LogP contribution in [0.25, 0.3) is 11.0 Å². The monoisotopic (exact) mass is 1020 g/mol. The number of hydrogen-bond acceptors (Lipinski definition) is 13. The number of piperidine rings is 1. The summed E-state index contributed by atoms with van der Waals surface area (Å²) in [5, 5.41) is 26.5. The van der Waals surface area contributed by atoms with E-state index in [9.17, 15) is 28.4 Å². The maximum atomic E-state index is 14.1. The molecule has 4 N–H and O–H groups in total. The van der Waals surface area contributed by atoms with Crippen LogP contribution in [-0.4, -0.2) is 102 Å². The number of pyridine rings is 1. The molecule has 0 radical (unpaired) electrons. The number of nitrogens with one attached hydrogen (secondary N) is 3. The topological polar surface area (TPSA) is 195 Å². The number of aromatic amines is 1. The first-order valence-electron chi connectivity index (χ1n) is 26.1. The lowest BCUT2D eigenvalue weighted by atomic mass is 9.59. The minimum Gasteiger partial charge on any atom is -0.497 e. The first kappa shape index (κ1) is 51.0. The van der Waals surface area contributed by atoms with E-state index in [0.29, 0.717) is 42.7 Å². The highest BCUT2D eigenvalue weighted by molar-refractivity contribution is 7.90.